The maximum absolute atomic E-state index is 12.3. The lowest BCUT2D eigenvalue weighted by Gasteiger charge is -2.16. The molecule has 0 spiro atoms. The summed E-state index contributed by atoms with van der Waals surface area (Å²) in [6, 6.07) is 17.3. The zero-order valence-corrected chi connectivity index (χ0v) is 15.4. The van der Waals surface area contributed by atoms with Gasteiger partial charge in [0.25, 0.3) is 11.1 Å². The molecule has 0 saturated heterocycles. The highest BCUT2D eigenvalue weighted by Crippen LogP contribution is 2.30. The van der Waals surface area contributed by atoms with Crippen molar-refractivity contribution in [2.45, 2.75) is 11.8 Å². The Morgan fingerprint density at radius 3 is 2.62 bits per heavy atom. The second-order valence-corrected chi connectivity index (χ2v) is 6.52. The van der Waals surface area contributed by atoms with Crippen molar-refractivity contribution >= 4 is 17.7 Å². The fourth-order valence-corrected chi connectivity index (χ4v) is 3.08. The molecule has 0 fully saturated rings. The summed E-state index contributed by atoms with van der Waals surface area (Å²) < 4.78 is 11.0. The number of carbonyl (C=O) groups excluding carboxylic acids is 1. The lowest BCUT2D eigenvalue weighted by atomic mass is 10.2. The predicted molar refractivity (Wildman–Crippen MR) is 99.9 cm³/mol. The summed E-state index contributed by atoms with van der Waals surface area (Å²) in [5.74, 6) is 1.26. The van der Waals surface area contributed by atoms with Crippen LogP contribution in [0.1, 0.15) is 5.56 Å². The summed E-state index contributed by atoms with van der Waals surface area (Å²) in [5, 5.41) is 8.40. The van der Waals surface area contributed by atoms with Crippen LogP contribution in [0.2, 0.25) is 0 Å². The normalized spacial score (nSPS) is 10.5. The van der Waals surface area contributed by atoms with E-state index in [-0.39, 0.29) is 11.7 Å². The van der Waals surface area contributed by atoms with Gasteiger partial charge in [0.15, 0.2) is 0 Å². The Kier molecular flexibility index (Phi) is 5.91. The Labute approximate surface area is 156 Å². The van der Waals surface area contributed by atoms with Gasteiger partial charge < -0.3 is 14.1 Å². The summed E-state index contributed by atoms with van der Waals surface area (Å²) in [5.41, 5.74) is 1.81. The van der Waals surface area contributed by atoms with Crippen molar-refractivity contribution in [3.05, 3.63) is 60.2 Å². The summed E-state index contributed by atoms with van der Waals surface area (Å²) in [7, 11) is 3.37. The van der Waals surface area contributed by atoms with Crippen molar-refractivity contribution in [3.63, 3.8) is 0 Å². The van der Waals surface area contributed by atoms with E-state index >= 15 is 0 Å². The van der Waals surface area contributed by atoms with Gasteiger partial charge in [0.05, 0.1) is 18.4 Å². The third-order valence-corrected chi connectivity index (χ3v) is 4.55. The predicted octanol–water partition coefficient (Wildman–Crippen LogP) is 3.50. The first kappa shape index (κ1) is 18.0. The second kappa shape index (κ2) is 8.53. The molecule has 0 radical (unpaired) electrons. The van der Waals surface area contributed by atoms with E-state index in [9.17, 15) is 4.79 Å². The first-order chi connectivity index (χ1) is 12.7. The first-order valence-electron chi connectivity index (χ1n) is 8.05. The molecule has 2 aromatic carbocycles. The molecular weight excluding hydrogens is 350 g/mol. The van der Waals surface area contributed by atoms with Crippen molar-refractivity contribution in [3.8, 4) is 17.2 Å². The second-order valence-electron chi connectivity index (χ2n) is 5.60. The van der Waals surface area contributed by atoms with E-state index < -0.39 is 0 Å². The zero-order chi connectivity index (χ0) is 18.4. The van der Waals surface area contributed by atoms with E-state index in [0.29, 0.717) is 23.4 Å². The maximum Gasteiger partial charge on any atom is 0.277 e. The molecule has 3 rings (SSSR count). The Morgan fingerprint density at radius 1 is 1.12 bits per heavy atom. The molecule has 0 aliphatic rings. The molecule has 134 valence electrons. The zero-order valence-electron chi connectivity index (χ0n) is 14.6. The van der Waals surface area contributed by atoms with Crippen LogP contribution >= 0.6 is 11.8 Å². The van der Waals surface area contributed by atoms with Gasteiger partial charge in [-0.3, -0.25) is 4.79 Å². The van der Waals surface area contributed by atoms with Gasteiger partial charge in [0.1, 0.15) is 5.75 Å². The summed E-state index contributed by atoms with van der Waals surface area (Å²) in [6.07, 6.45) is 0. The van der Waals surface area contributed by atoms with Crippen LogP contribution in [-0.2, 0) is 11.3 Å². The highest BCUT2D eigenvalue weighted by Gasteiger charge is 2.16. The quantitative estimate of drug-likeness (QED) is 0.594. The molecule has 3 aromatic rings. The average Bonchev–Trinajstić information content (AvgIpc) is 3.15. The molecule has 26 heavy (non-hydrogen) atoms. The molecule has 0 aliphatic carbocycles. The van der Waals surface area contributed by atoms with Crippen molar-refractivity contribution in [1.82, 2.24) is 15.1 Å². The monoisotopic (exact) mass is 369 g/mol. The van der Waals surface area contributed by atoms with Gasteiger partial charge in [-0.1, -0.05) is 54.2 Å². The van der Waals surface area contributed by atoms with E-state index in [0.717, 1.165) is 11.1 Å². The molecule has 0 bridgehead atoms. The van der Waals surface area contributed by atoms with Gasteiger partial charge in [-0.15, -0.1) is 10.2 Å². The average molecular weight is 369 g/mol. The fourth-order valence-electron chi connectivity index (χ4n) is 2.38. The summed E-state index contributed by atoms with van der Waals surface area (Å²) in [4.78, 5) is 14.0. The lowest BCUT2D eigenvalue weighted by Crippen LogP contribution is -2.27. The number of hydrogen-bond acceptors (Lipinski definition) is 6. The molecule has 1 heterocycles. The van der Waals surface area contributed by atoms with E-state index in [1.165, 1.54) is 11.8 Å². The number of ether oxygens (including phenoxy) is 1. The van der Waals surface area contributed by atoms with Gasteiger partial charge in [-0.2, -0.15) is 0 Å². The highest BCUT2D eigenvalue weighted by atomic mass is 32.2. The Hall–Kier alpha value is -2.80. The van der Waals surface area contributed by atoms with Crippen molar-refractivity contribution in [2.24, 2.45) is 0 Å². The van der Waals surface area contributed by atoms with Crippen LogP contribution in [0.15, 0.2) is 64.2 Å². The molecular formula is C19H19N3O3S. The molecule has 0 saturated carbocycles. The number of benzene rings is 2. The number of nitrogens with zero attached hydrogens (tertiary/aromatic N) is 3. The van der Waals surface area contributed by atoms with Gasteiger partial charge >= 0.3 is 0 Å². The van der Waals surface area contributed by atoms with Crippen LogP contribution < -0.4 is 4.74 Å². The van der Waals surface area contributed by atoms with Gasteiger partial charge in [-0.05, 0) is 17.7 Å². The minimum atomic E-state index is -0.00380. The third kappa shape index (κ3) is 4.43. The van der Waals surface area contributed by atoms with Crippen molar-refractivity contribution < 1.29 is 13.9 Å². The van der Waals surface area contributed by atoms with E-state index in [1.54, 1.807) is 19.1 Å². The number of rotatable bonds is 7. The largest absolute Gasteiger partial charge is 0.496 e. The molecule has 7 heteroatoms. The molecule has 0 N–H and O–H groups in total. The minimum absolute atomic E-state index is 0.00380. The van der Waals surface area contributed by atoms with Crippen LogP contribution in [0.3, 0.4) is 0 Å². The van der Waals surface area contributed by atoms with Crippen LogP contribution in [0.5, 0.6) is 5.75 Å². The topological polar surface area (TPSA) is 68.5 Å². The Balaban J connectivity index is 1.58. The third-order valence-electron chi connectivity index (χ3n) is 3.75. The summed E-state index contributed by atoms with van der Waals surface area (Å²) >= 11 is 1.22. The van der Waals surface area contributed by atoms with Crippen molar-refractivity contribution in [2.75, 3.05) is 19.9 Å². The van der Waals surface area contributed by atoms with Crippen LogP contribution in [-0.4, -0.2) is 40.9 Å². The van der Waals surface area contributed by atoms with Gasteiger partial charge in [0.2, 0.25) is 5.91 Å². The number of aromatic nitrogens is 2. The molecule has 0 unspecified atom stereocenters. The Morgan fingerprint density at radius 2 is 1.85 bits per heavy atom. The van der Waals surface area contributed by atoms with Crippen LogP contribution in [0.4, 0.5) is 0 Å². The number of para-hydroxylation sites is 1. The first-order valence-corrected chi connectivity index (χ1v) is 9.03. The SMILES string of the molecule is COc1ccccc1-c1nnc(SCC(=O)N(C)Cc2ccccc2)o1. The van der Waals surface area contributed by atoms with E-state index in [1.807, 2.05) is 54.6 Å². The molecule has 1 aromatic heterocycles. The van der Waals surface area contributed by atoms with E-state index in [2.05, 4.69) is 10.2 Å². The fraction of sp³-hybridized carbons (Fsp3) is 0.211. The van der Waals surface area contributed by atoms with E-state index in [4.69, 9.17) is 9.15 Å². The van der Waals surface area contributed by atoms with Gasteiger partial charge in [0, 0.05) is 13.6 Å². The highest BCUT2D eigenvalue weighted by molar-refractivity contribution is 7.99. The maximum atomic E-state index is 12.3. The number of thioether (sulfide) groups is 1. The number of hydrogen-bond donors (Lipinski definition) is 0. The van der Waals surface area contributed by atoms with Gasteiger partial charge in [-0.25, -0.2) is 0 Å². The lowest BCUT2D eigenvalue weighted by molar-refractivity contribution is -0.127. The number of amides is 1. The van der Waals surface area contributed by atoms with Crippen molar-refractivity contribution in [1.29, 1.82) is 0 Å². The molecule has 6 nitrogen and oxygen atoms in total. The number of carbonyl (C=O) groups is 1. The molecule has 0 atom stereocenters. The molecule has 1 amide bonds. The standard InChI is InChI=1S/C19H19N3O3S/c1-22(12-14-8-4-3-5-9-14)17(23)13-26-19-21-20-18(25-19)15-10-6-7-11-16(15)24-2/h3-11H,12-13H2,1-2H3. The van der Waals surface area contributed by atoms with Crippen LogP contribution in [0, 0.1) is 0 Å². The number of methoxy groups -OCH3 is 1. The smallest absolute Gasteiger partial charge is 0.277 e. The summed E-state index contributed by atoms with van der Waals surface area (Å²) in [6.45, 7) is 0.566. The molecule has 0 aliphatic heterocycles. The van der Waals surface area contributed by atoms with Crippen LogP contribution in [0.25, 0.3) is 11.5 Å². The Bertz CT molecular complexity index is 867. The minimum Gasteiger partial charge on any atom is -0.496 e.